The minimum absolute atomic E-state index is 0.0288. The molecule has 1 aliphatic carbocycles. The topological polar surface area (TPSA) is 134 Å². The van der Waals surface area contributed by atoms with Crippen LogP contribution >= 0.6 is 0 Å². The highest BCUT2D eigenvalue weighted by Gasteiger charge is 2.37. The highest BCUT2D eigenvalue weighted by atomic mass is 16.6. The molecule has 3 heterocycles. The number of aryl methyl sites for hydroxylation is 1. The first-order valence-electron chi connectivity index (χ1n) is 14.5. The van der Waals surface area contributed by atoms with Gasteiger partial charge in [-0.2, -0.15) is 4.80 Å². The summed E-state index contributed by atoms with van der Waals surface area (Å²) in [4.78, 5) is 30.9. The number of hydrogen-bond donors (Lipinski definition) is 1. The molecule has 1 aliphatic heterocycles. The number of rotatable bonds is 9. The van der Waals surface area contributed by atoms with Crippen LogP contribution in [0, 0.1) is 6.92 Å². The monoisotopic (exact) mass is 586 g/mol. The fourth-order valence-corrected chi connectivity index (χ4v) is 5.48. The van der Waals surface area contributed by atoms with E-state index in [0.29, 0.717) is 53.5 Å². The maximum Gasteiger partial charge on any atom is 0.251 e. The van der Waals surface area contributed by atoms with Gasteiger partial charge in [0, 0.05) is 23.4 Å². The molecule has 12 heteroatoms. The molecule has 0 spiro atoms. The highest BCUT2D eigenvalue weighted by Crippen LogP contribution is 2.38. The smallest absolute Gasteiger partial charge is 0.251 e. The molecule has 6 rings (SSSR count). The van der Waals surface area contributed by atoms with Crippen LogP contribution in [0.1, 0.15) is 49.7 Å². The van der Waals surface area contributed by atoms with E-state index in [-0.39, 0.29) is 18.5 Å². The number of aromatic nitrogens is 4. The van der Waals surface area contributed by atoms with Crippen molar-refractivity contribution < 1.29 is 28.2 Å². The molecule has 1 fully saturated rings. The molecule has 43 heavy (non-hydrogen) atoms. The average molecular weight is 587 g/mol. The SMILES string of the molecule is COc1ccc(-c2nnn(CC(=O)N(c3ccc4c(c3)OCCO4)[C@@H](C(=O)NC3CCCCC3)c3ccc(C)o3)n2)cc1. The number of amides is 2. The van der Waals surface area contributed by atoms with Crippen molar-refractivity contribution in [1.82, 2.24) is 25.5 Å². The number of tetrazole rings is 1. The third-order valence-corrected chi connectivity index (χ3v) is 7.64. The quantitative estimate of drug-likeness (QED) is 0.306. The Bertz CT molecular complexity index is 1580. The van der Waals surface area contributed by atoms with Crippen LogP contribution in [0.5, 0.6) is 17.2 Å². The van der Waals surface area contributed by atoms with Crippen molar-refractivity contribution in [2.24, 2.45) is 0 Å². The van der Waals surface area contributed by atoms with E-state index in [0.717, 1.165) is 37.7 Å². The number of anilines is 1. The molecular formula is C31H34N6O6. The number of nitrogens with one attached hydrogen (secondary N) is 1. The lowest BCUT2D eigenvalue weighted by molar-refractivity contribution is -0.128. The largest absolute Gasteiger partial charge is 0.497 e. The van der Waals surface area contributed by atoms with Crippen molar-refractivity contribution >= 4 is 17.5 Å². The van der Waals surface area contributed by atoms with E-state index in [1.54, 1.807) is 56.5 Å². The number of nitrogens with zero attached hydrogens (tertiary/aromatic N) is 5. The summed E-state index contributed by atoms with van der Waals surface area (Å²) in [6.45, 7) is 2.34. The predicted octanol–water partition coefficient (Wildman–Crippen LogP) is 4.24. The molecular weight excluding hydrogens is 552 g/mol. The molecule has 1 N–H and O–H groups in total. The summed E-state index contributed by atoms with van der Waals surface area (Å²) < 4.78 is 22.7. The molecule has 0 radical (unpaired) electrons. The number of benzene rings is 2. The summed E-state index contributed by atoms with van der Waals surface area (Å²) in [5.41, 5.74) is 1.17. The van der Waals surface area contributed by atoms with Gasteiger partial charge in [-0.05, 0) is 73.5 Å². The Morgan fingerprint density at radius 1 is 1.02 bits per heavy atom. The van der Waals surface area contributed by atoms with Gasteiger partial charge in [-0.25, -0.2) is 0 Å². The Labute approximate surface area is 248 Å². The zero-order chi connectivity index (χ0) is 29.8. The summed E-state index contributed by atoms with van der Waals surface area (Å²) in [5, 5.41) is 15.9. The Balaban J connectivity index is 1.35. The number of carbonyl (C=O) groups is 2. The molecule has 2 aromatic carbocycles. The second kappa shape index (κ2) is 12.6. The Morgan fingerprint density at radius 2 is 1.79 bits per heavy atom. The fraction of sp³-hybridized carbons (Fsp3) is 0.387. The van der Waals surface area contributed by atoms with Crippen LogP contribution in [-0.4, -0.2) is 58.4 Å². The number of carbonyl (C=O) groups excluding carboxylic acids is 2. The standard InChI is InChI=1S/C31H34N6O6/c1-20-8-14-26(43-20)29(31(39)32-22-6-4-3-5-7-22)37(23-11-15-25-27(18-23)42-17-16-41-25)28(38)19-36-34-30(33-35-36)21-9-12-24(40-2)13-10-21/h8-15,18,22,29H,3-7,16-17,19H2,1-2H3,(H,32,39)/t29-/m1/s1. The zero-order valence-electron chi connectivity index (χ0n) is 24.2. The Kier molecular flexibility index (Phi) is 8.25. The molecule has 224 valence electrons. The van der Waals surface area contributed by atoms with Crippen LogP contribution in [0.2, 0.25) is 0 Å². The summed E-state index contributed by atoms with van der Waals surface area (Å²) >= 11 is 0. The number of ether oxygens (including phenoxy) is 3. The number of furan rings is 1. The fourth-order valence-electron chi connectivity index (χ4n) is 5.48. The first-order chi connectivity index (χ1) is 21.0. The summed E-state index contributed by atoms with van der Waals surface area (Å²) in [6.07, 6.45) is 5.04. The van der Waals surface area contributed by atoms with Crippen LogP contribution in [0.25, 0.3) is 11.4 Å². The zero-order valence-corrected chi connectivity index (χ0v) is 24.2. The van der Waals surface area contributed by atoms with Crippen LogP contribution in [0.3, 0.4) is 0 Å². The normalized spacial score (nSPS) is 15.5. The number of fused-ring (bicyclic) bond motifs is 1. The van der Waals surface area contributed by atoms with Crippen LogP contribution in [-0.2, 0) is 16.1 Å². The van der Waals surface area contributed by atoms with Crippen molar-refractivity contribution in [1.29, 1.82) is 0 Å². The van der Waals surface area contributed by atoms with E-state index < -0.39 is 11.9 Å². The van der Waals surface area contributed by atoms with Crippen molar-refractivity contribution in [2.45, 2.75) is 57.7 Å². The first-order valence-corrected chi connectivity index (χ1v) is 14.5. The molecule has 2 aliphatic rings. The van der Waals surface area contributed by atoms with Crippen molar-refractivity contribution in [3.63, 3.8) is 0 Å². The van der Waals surface area contributed by atoms with Gasteiger partial charge in [0.2, 0.25) is 5.82 Å². The second-order valence-corrected chi connectivity index (χ2v) is 10.7. The molecule has 0 bridgehead atoms. The van der Waals surface area contributed by atoms with Gasteiger partial charge in [0.05, 0.1) is 7.11 Å². The lowest BCUT2D eigenvalue weighted by Gasteiger charge is -2.32. The van der Waals surface area contributed by atoms with Gasteiger partial charge in [0.15, 0.2) is 17.5 Å². The number of hydrogen-bond acceptors (Lipinski definition) is 9. The van der Waals surface area contributed by atoms with Gasteiger partial charge in [-0.15, -0.1) is 10.2 Å². The summed E-state index contributed by atoms with van der Waals surface area (Å²) in [5.74, 6) is 2.33. The highest BCUT2D eigenvalue weighted by molar-refractivity contribution is 6.01. The molecule has 2 amide bonds. The van der Waals surface area contributed by atoms with Crippen LogP contribution in [0.15, 0.2) is 59.0 Å². The van der Waals surface area contributed by atoms with E-state index in [2.05, 4.69) is 20.7 Å². The van der Waals surface area contributed by atoms with Gasteiger partial charge in [0.25, 0.3) is 11.8 Å². The molecule has 4 aromatic rings. The van der Waals surface area contributed by atoms with E-state index in [1.165, 1.54) is 9.70 Å². The Hall–Kier alpha value is -4.87. The summed E-state index contributed by atoms with van der Waals surface area (Å²) in [6, 6.07) is 14.9. The van der Waals surface area contributed by atoms with Gasteiger partial charge in [-0.1, -0.05) is 19.3 Å². The molecule has 0 saturated heterocycles. The number of methoxy groups -OCH3 is 1. The maximum atomic E-state index is 14.2. The molecule has 1 saturated carbocycles. The van der Waals surface area contributed by atoms with Crippen LogP contribution in [0.4, 0.5) is 5.69 Å². The third-order valence-electron chi connectivity index (χ3n) is 7.64. The predicted molar refractivity (Wildman–Crippen MR) is 156 cm³/mol. The van der Waals surface area contributed by atoms with Crippen molar-refractivity contribution in [3.8, 4) is 28.6 Å². The Morgan fingerprint density at radius 3 is 2.51 bits per heavy atom. The molecule has 1 atom stereocenters. The lowest BCUT2D eigenvalue weighted by atomic mass is 9.95. The minimum atomic E-state index is -1.09. The van der Waals surface area contributed by atoms with E-state index >= 15 is 0 Å². The van der Waals surface area contributed by atoms with E-state index in [9.17, 15) is 9.59 Å². The summed E-state index contributed by atoms with van der Waals surface area (Å²) in [7, 11) is 1.59. The maximum absolute atomic E-state index is 14.2. The minimum Gasteiger partial charge on any atom is -0.497 e. The van der Waals surface area contributed by atoms with Crippen molar-refractivity contribution in [2.75, 3.05) is 25.2 Å². The van der Waals surface area contributed by atoms with Gasteiger partial charge >= 0.3 is 0 Å². The van der Waals surface area contributed by atoms with Gasteiger partial charge in [-0.3, -0.25) is 14.5 Å². The lowest BCUT2D eigenvalue weighted by Crippen LogP contribution is -2.48. The average Bonchev–Trinajstić information content (AvgIpc) is 3.68. The molecule has 0 unspecified atom stereocenters. The second-order valence-electron chi connectivity index (χ2n) is 10.7. The van der Waals surface area contributed by atoms with E-state index in [4.69, 9.17) is 18.6 Å². The van der Waals surface area contributed by atoms with Crippen LogP contribution < -0.4 is 24.4 Å². The third kappa shape index (κ3) is 6.32. The molecule has 2 aromatic heterocycles. The van der Waals surface area contributed by atoms with Gasteiger partial charge in [0.1, 0.15) is 37.0 Å². The van der Waals surface area contributed by atoms with E-state index in [1.807, 2.05) is 12.1 Å². The molecule has 12 nitrogen and oxygen atoms in total. The van der Waals surface area contributed by atoms with Gasteiger partial charge < -0.3 is 23.9 Å². The first kappa shape index (κ1) is 28.3. The van der Waals surface area contributed by atoms with Crippen molar-refractivity contribution in [3.05, 3.63) is 66.1 Å².